The summed E-state index contributed by atoms with van der Waals surface area (Å²) >= 11 is 1.50. The number of nitrogens with zero attached hydrogens (tertiary/aromatic N) is 2. The van der Waals surface area contributed by atoms with Crippen molar-refractivity contribution in [2.24, 2.45) is 4.99 Å². The topological polar surface area (TPSA) is 59.0 Å². The number of anilines is 1. The van der Waals surface area contributed by atoms with Gasteiger partial charge in [-0.05, 0) is 32.0 Å². The van der Waals surface area contributed by atoms with Crippen LogP contribution in [-0.4, -0.2) is 37.6 Å². The van der Waals surface area contributed by atoms with Gasteiger partial charge in [0.15, 0.2) is 5.78 Å². The molecular weight excluding hydrogens is 396 g/mol. The third-order valence-electron chi connectivity index (χ3n) is 5.05. The molecule has 1 aromatic heterocycles. The minimum atomic E-state index is -0.191. The Kier molecular flexibility index (Phi) is 5.50. The molecule has 0 fully saturated rings. The van der Waals surface area contributed by atoms with E-state index in [-0.39, 0.29) is 24.8 Å². The Hall–Kier alpha value is -3.25. The maximum Gasteiger partial charge on any atom is 0.249 e. The molecule has 2 heterocycles. The number of thiophene rings is 1. The summed E-state index contributed by atoms with van der Waals surface area (Å²) in [5.74, 6) is 0.409. The first-order valence-corrected chi connectivity index (χ1v) is 10.5. The van der Waals surface area contributed by atoms with Crippen LogP contribution in [0.25, 0.3) is 0 Å². The molecule has 0 bridgehead atoms. The standard InChI is InChI=1S/C24H22N2O3S/c1-15-8-10-17(11-9-15)20(27)14-26-22(28)13-25-23(19-12-16(2)30-24(19)26)18-6-4-5-7-21(18)29-3/h4-12H,13-14H2,1-3H3. The van der Waals surface area contributed by atoms with Gasteiger partial charge in [-0.3, -0.25) is 19.5 Å². The molecule has 3 aromatic rings. The highest BCUT2D eigenvalue weighted by atomic mass is 32.1. The van der Waals surface area contributed by atoms with Crippen LogP contribution in [0, 0.1) is 13.8 Å². The first kappa shape index (κ1) is 20.0. The highest BCUT2D eigenvalue weighted by molar-refractivity contribution is 7.16. The third kappa shape index (κ3) is 3.78. The monoisotopic (exact) mass is 418 g/mol. The maximum absolute atomic E-state index is 13.0. The largest absolute Gasteiger partial charge is 0.496 e. The minimum absolute atomic E-state index is 0.0103. The fraction of sp³-hybridized carbons (Fsp3) is 0.208. The van der Waals surface area contributed by atoms with Crippen molar-refractivity contribution in [3.63, 3.8) is 0 Å². The summed E-state index contributed by atoms with van der Waals surface area (Å²) in [6, 6.07) is 17.1. The van der Waals surface area contributed by atoms with Crippen LogP contribution in [0.15, 0.2) is 59.6 Å². The van der Waals surface area contributed by atoms with Crippen LogP contribution in [0.1, 0.15) is 31.9 Å². The summed E-state index contributed by atoms with van der Waals surface area (Å²) in [6.45, 7) is 3.94. The van der Waals surface area contributed by atoms with Gasteiger partial charge in [0.05, 0.1) is 19.4 Å². The fourth-order valence-electron chi connectivity index (χ4n) is 3.51. The fourth-order valence-corrected chi connectivity index (χ4v) is 4.53. The van der Waals surface area contributed by atoms with E-state index in [1.54, 1.807) is 24.1 Å². The van der Waals surface area contributed by atoms with E-state index < -0.39 is 0 Å². The molecule has 1 aliphatic heterocycles. The van der Waals surface area contributed by atoms with E-state index in [4.69, 9.17) is 4.74 Å². The molecule has 0 N–H and O–H groups in total. The van der Waals surface area contributed by atoms with Crippen molar-refractivity contribution in [1.29, 1.82) is 0 Å². The van der Waals surface area contributed by atoms with Gasteiger partial charge in [0.2, 0.25) is 5.91 Å². The van der Waals surface area contributed by atoms with Crippen LogP contribution in [0.5, 0.6) is 5.75 Å². The molecule has 0 saturated carbocycles. The molecule has 0 radical (unpaired) electrons. The zero-order valence-electron chi connectivity index (χ0n) is 17.1. The lowest BCUT2D eigenvalue weighted by Crippen LogP contribution is -2.36. The van der Waals surface area contributed by atoms with Crippen molar-refractivity contribution in [3.8, 4) is 5.75 Å². The number of hydrogen-bond acceptors (Lipinski definition) is 5. The van der Waals surface area contributed by atoms with E-state index >= 15 is 0 Å². The number of amides is 1. The summed E-state index contributed by atoms with van der Waals surface area (Å²) < 4.78 is 5.52. The number of fused-ring (bicyclic) bond motifs is 1. The summed E-state index contributed by atoms with van der Waals surface area (Å²) in [5, 5.41) is 0.750. The molecule has 0 spiro atoms. The molecular formula is C24H22N2O3S. The van der Waals surface area contributed by atoms with E-state index in [0.29, 0.717) is 17.0 Å². The average Bonchev–Trinajstić information content (AvgIpc) is 3.08. The molecule has 0 saturated heterocycles. The lowest BCUT2D eigenvalue weighted by Gasteiger charge is -2.20. The van der Waals surface area contributed by atoms with Crippen LogP contribution in [-0.2, 0) is 4.79 Å². The predicted octanol–water partition coefficient (Wildman–Crippen LogP) is 4.44. The van der Waals surface area contributed by atoms with Crippen molar-refractivity contribution < 1.29 is 14.3 Å². The zero-order valence-corrected chi connectivity index (χ0v) is 18.0. The van der Waals surface area contributed by atoms with E-state index in [2.05, 4.69) is 4.99 Å². The summed E-state index contributed by atoms with van der Waals surface area (Å²) in [6.07, 6.45) is 0. The van der Waals surface area contributed by atoms with Crippen LogP contribution in [0.4, 0.5) is 5.00 Å². The van der Waals surface area contributed by atoms with Crippen LogP contribution >= 0.6 is 11.3 Å². The lowest BCUT2D eigenvalue weighted by molar-refractivity contribution is -0.117. The van der Waals surface area contributed by atoms with Gasteiger partial charge in [0.1, 0.15) is 17.3 Å². The number of ketones is 1. The number of hydrogen-bond donors (Lipinski definition) is 0. The number of rotatable bonds is 5. The summed E-state index contributed by atoms with van der Waals surface area (Å²) in [5.41, 5.74) is 4.08. The predicted molar refractivity (Wildman–Crippen MR) is 120 cm³/mol. The van der Waals surface area contributed by atoms with Crippen LogP contribution in [0.3, 0.4) is 0 Å². The van der Waals surface area contributed by atoms with Gasteiger partial charge < -0.3 is 4.74 Å². The normalized spacial score (nSPS) is 13.5. The van der Waals surface area contributed by atoms with Gasteiger partial charge in [0, 0.05) is 21.6 Å². The molecule has 6 heteroatoms. The zero-order chi connectivity index (χ0) is 21.3. The van der Waals surface area contributed by atoms with Crippen molar-refractivity contribution in [2.45, 2.75) is 13.8 Å². The first-order chi connectivity index (χ1) is 14.5. The van der Waals surface area contributed by atoms with Gasteiger partial charge in [-0.2, -0.15) is 0 Å². The molecule has 1 aliphatic rings. The smallest absolute Gasteiger partial charge is 0.249 e. The number of ether oxygens (including phenoxy) is 1. The van der Waals surface area contributed by atoms with Crippen molar-refractivity contribution >= 4 is 33.7 Å². The lowest BCUT2D eigenvalue weighted by atomic mass is 10.0. The Morgan fingerprint density at radius 2 is 1.83 bits per heavy atom. The molecule has 0 atom stereocenters. The number of Topliss-reactive ketones (excluding diaryl/α,β-unsaturated/α-hetero) is 1. The van der Waals surface area contributed by atoms with Crippen molar-refractivity contribution in [3.05, 3.63) is 81.7 Å². The van der Waals surface area contributed by atoms with Gasteiger partial charge in [-0.15, -0.1) is 11.3 Å². The Balaban J connectivity index is 1.74. The summed E-state index contributed by atoms with van der Waals surface area (Å²) in [4.78, 5) is 33.1. The van der Waals surface area contributed by atoms with Crippen LogP contribution in [0.2, 0.25) is 0 Å². The number of aliphatic imine (C=N–C) groups is 1. The van der Waals surface area contributed by atoms with Gasteiger partial charge in [-0.1, -0.05) is 42.0 Å². The molecule has 5 nitrogen and oxygen atoms in total. The molecule has 0 aliphatic carbocycles. The van der Waals surface area contributed by atoms with Gasteiger partial charge in [-0.25, -0.2) is 0 Å². The highest BCUT2D eigenvalue weighted by Gasteiger charge is 2.30. The van der Waals surface area contributed by atoms with E-state index in [1.807, 2.05) is 56.3 Å². The van der Waals surface area contributed by atoms with E-state index in [1.165, 1.54) is 11.3 Å². The second-order valence-corrected chi connectivity index (χ2v) is 8.44. The highest BCUT2D eigenvalue weighted by Crippen LogP contribution is 2.36. The van der Waals surface area contributed by atoms with E-state index in [0.717, 1.165) is 26.6 Å². The Labute approximate surface area is 179 Å². The Morgan fingerprint density at radius 3 is 2.57 bits per heavy atom. The number of aryl methyl sites for hydroxylation is 2. The number of carbonyl (C=O) groups excluding carboxylic acids is 2. The maximum atomic E-state index is 13.0. The van der Waals surface area contributed by atoms with Gasteiger partial charge in [0.25, 0.3) is 0 Å². The molecule has 152 valence electrons. The second-order valence-electron chi connectivity index (χ2n) is 7.21. The molecule has 1 amide bonds. The molecule has 30 heavy (non-hydrogen) atoms. The van der Waals surface area contributed by atoms with Crippen molar-refractivity contribution in [2.75, 3.05) is 25.1 Å². The molecule has 4 rings (SSSR count). The van der Waals surface area contributed by atoms with Gasteiger partial charge >= 0.3 is 0 Å². The number of benzene rings is 2. The first-order valence-electron chi connectivity index (χ1n) is 9.67. The van der Waals surface area contributed by atoms with Crippen molar-refractivity contribution in [1.82, 2.24) is 0 Å². The minimum Gasteiger partial charge on any atom is -0.496 e. The molecule has 2 aromatic carbocycles. The average molecular weight is 419 g/mol. The number of carbonyl (C=O) groups is 2. The Morgan fingerprint density at radius 1 is 1.10 bits per heavy atom. The Bertz CT molecular complexity index is 1150. The molecule has 0 unspecified atom stereocenters. The SMILES string of the molecule is COc1ccccc1C1=NCC(=O)N(CC(=O)c2ccc(C)cc2)c2sc(C)cc21. The number of para-hydroxylation sites is 1. The van der Waals surface area contributed by atoms with Crippen LogP contribution < -0.4 is 9.64 Å². The van der Waals surface area contributed by atoms with E-state index in [9.17, 15) is 9.59 Å². The quantitative estimate of drug-likeness (QED) is 0.576. The third-order valence-corrected chi connectivity index (χ3v) is 6.12. The summed E-state index contributed by atoms with van der Waals surface area (Å²) in [7, 11) is 1.62. The second kappa shape index (κ2) is 8.24. The number of methoxy groups -OCH3 is 1.